The highest BCUT2D eigenvalue weighted by Crippen LogP contribution is 2.33. The predicted octanol–water partition coefficient (Wildman–Crippen LogP) is 3.25. The van der Waals surface area contributed by atoms with Crippen molar-refractivity contribution in [3.05, 3.63) is 53.7 Å². The van der Waals surface area contributed by atoms with Gasteiger partial charge in [-0.1, -0.05) is 24.3 Å². The summed E-state index contributed by atoms with van der Waals surface area (Å²) >= 11 is 0. The maximum atomic E-state index is 12.9. The molecule has 1 aliphatic carbocycles. The molecule has 4 rings (SSSR count). The molecule has 0 saturated heterocycles. The lowest BCUT2D eigenvalue weighted by atomic mass is 10.1. The lowest BCUT2D eigenvalue weighted by Crippen LogP contribution is -2.36. The third kappa shape index (κ3) is 2.34. The van der Waals surface area contributed by atoms with Gasteiger partial charge in [0.25, 0.3) is 5.91 Å². The zero-order valence-electron chi connectivity index (χ0n) is 12.6. The second kappa shape index (κ2) is 5.13. The summed E-state index contributed by atoms with van der Waals surface area (Å²) in [5.41, 5.74) is 2.76. The van der Waals surface area contributed by atoms with Gasteiger partial charge in [0.1, 0.15) is 11.5 Å². The first kappa shape index (κ1) is 13.3. The van der Waals surface area contributed by atoms with Gasteiger partial charge in [-0.05, 0) is 49.9 Å². The van der Waals surface area contributed by atoms with Crippen molar-refractivity contribution in [2.24, 2.45) is 0 Å². The third-order valence-electron chi connectivity index (χ3n) is 4.32. The highest BCUT2D eigenvalue weighted by Gasteiger charge is 2.32. The van der Waals surface area contributed by atoms with Crippen molar-refractivity contribution in [1.29, 1.82) is 0 Å². The van der Waals surface area contributed by atoms with Gasteiger partial charge in [0.15, 0.2) is 0 Å². The Labute approximate surface area is 130 Å². The molecule has 0 bridgehead atoms. The Kier molecular flexibility index (Phi) is 3.10. The molecule has 1 N–H and O–H groups in total. The van der Waals surface area contributed by atoms with E-state index in [0.717, 1.165) is 17.9 Å². The third-order valence-corrected chi connectivity index (χ3v) is 4.32. The monoisotopic (exact) mass is 293 g/mol. The number of carbonyl (C=O) groups excluding carboxylic acids is 1. The fraction of sp³-hybridized carbons (Fsp3) is 0.333. The van der Waals surface area contributed by atoms with Crippen molar-refractivity contribution in [1.82, 2.24) is 4.98 Å². The van der Waals surface area contributed by atoms with E-state index in [-0.39, 0.29) is 11.9 Å². The molecule has 1 unspecified atom stereocenters. The minimum absolute atomic E-state index is 0.0168. The van der Waals surface area contributed by atoms with Crippen molar-refractivity contribution in [3.63, 3.8) is 0 Å². The number of amides is 1. The van der Waals surface area contributed by atoms with E-state index in [2.05, 4.69) is 23.3 Å². The van der Waals surface area contributed by atoms with Crippen LogP contribution in [-0.2, 0) is 6.42 Å². The Hall–Kier alpha value is -2.36. The van der Waals surface area contributed by atoms with E-state index in [1.165, 1.54) is 18.4 Å². The van der Waals surface area contributed by atoms with Crippen LogP contribution in [-0.4, -0.2) is 23.0 Å². The second-order valence-corrected chi connectivity index (χ2v) is 6.18. The molecule has 22 heavy (non-hydrogen) atoms. The predicted molar refractivity (Wildman–Crippen MR) is 87.3 cm³/mol. The number of nitrogens with zero attached hydrogens (tertiary/aromatic N) is 2. The van der Waals surface area contributed by atoms with Crippen molar-refractivity contribution in [3.8, 4) is 0 Å². The molecule has 1 aromatic heterocycles. The Morgan fingerprint density at radius 3 is 2.82 bits per heavy atom. The first-order chi connectivity index (χ1) is 10.7. The van der Waals surface area contributed by atoms with E-state index in [1.54, 1.807) is 6.07 Å². The van der Waals surface area contributed by atoms with Gasteiger partial charge in [-0.25, -0.2) is 4.98 Å². The van der Waals surface area contributed by atoms with E-state index >= 15 is 0 Å². The van der Waals surface area contributed by atoms with Gasteiger partial charge in [0.2, 0.25) is 0 Å². The highest BCUT2D eigenvalue weighted by atomic mass is 16.2. The lowest BCUT2D eigenvalue weighted by Gasteiger charge is -2.22. The summed E-state index contributed by atoms with van der Waals surface area (Å²) < 4.78 is 0. The van der Waals surface area contributed by atoms with Gasteiger partial charge < -0.3 is 10.2 Å². The molecule has 1 atom stereocenters. The van der Waals surface area contributed by atoms with E-state index < -0.39 is 0 Å². The molecule has 1 aromatic carbocycles. The molecular weight excluding hydrogens is 274 g/mol. The van der Waals surface area contributed by atoms with Crippen molar-refractivity contribution >= 4 is 17.4 Å². The van der Waals surface area contributed by atoms with Gasteiger partial charge >= 0.3 is 0 Å². The van der Waals surface area contributed by atoms with E-state index in [0.29, 0.717) is 11.7 Å². The minimum atomic E-state index is -0.0168. The first-order valence-corrected chi connectivity index (χ1v) is 7.87. The van der Waals surface area contributed by atoms with E-state index in [9.17, 15) is 4.79 Å². The number of para-hydroxylation sites is 1. The van der Waals surface area contributed by atoms with Gasteiger partial charge in [0, 0.05) is 17.8 Å². The fourth-order valence-corrected chi connectivity index (χ4v) is 3.07. The summed E-state index contributed by atoms with van der Waals surface area (Å²) in [6, 6.07) is 14.5. The first-order valence-electron chi connectivity index (χ1n) is 7.87. The maximum Gasteiger partial charge on any atom is 0.277 e. The standard InChI is InChI=1S/C18H19N3O/c1-12-11-13-5-2-3-7-16(13)21(12)18(22)15-6-4-8-17(20-15)19-14-9-10-14/h2-8,12,14H,9-11H2,1H3,(H,19,20). The molecule has 0 radical (unpaired) electrons. The molecule has 4 heteroatoms. The number of anilines is 2. The number of hydrogen-bond donors (Lipinski definition) is 1. The molecule has 1 aliphatic heterocycles. The molecule has 1 amide bonds. The van der Waals surface area contributed by atoms with Crippen LogP contribution in [0.1, 0.15) is 35.8 Å². The minimum Gasteiger partial charge on any atom is -0.367 e. The Bertz CT molecular complexity index is 724. The Morgan fingerprint density at radius 2 is 2.00 bits per heavy atom. The molecule has 0 spiro atoms. The zero-order valence-corrected chi connectivity index (χ0v) is 12.6. The summed E-state index contributed by atoms with van der Waals surface area (Å²) in [4.78, 5) is 19.3. The van der Waals surface area contributed by atoms with Gasteiger partial charge in [0.05, 0.1) is 0 Å². The van der Waals surface area contributed by atoms with E-state index in [1.807, 2.05) is 35.2 Å². The second-order valence-electron chi connectivity index (χ2n) is 6.18. The average molecular weight is 293 g/mol. The van der Waals surface area contributed by atoms with Crippen LogP contribution in [0, 0.1) is 0 Å². The number of fused-ring (bicyclic) bond motifs is 1. The molecular formula is C18H19N3O. The quantitative estimate of drug-likeness (QED) is 0.945. The number of rotatable bonds is 3. The molecule has 1 fully saturated rings. The molecule has 2 heterocycles. The topological polar surface area (TPSA) is 45.2 Å². The molecule has 4 nitrogen and oxygen atoms in total. The Balaban J connectivity index is 1.64. The molecule has 2 aromatic rings. The van der Waals surface area contributed by atoms with Crippen LogP contribution in [0.4, 0.5) is 11.5 Å². The molecule has 112 valence electrons. The van der Waals surface area contributed by atoms with Gasteiger partial charge in [-0.3, -0.25) is 4.79 Å². The molecule has 2 aliphatic rings. The van der Waals surface area contributed by atoms with Crippen molar-refractivity contribution in [2.75, 3.05) is 10.2 Å². The number of nitrogens with one attached hydrogen (secondary N) is 1. The van der Waals surface area contributed by atoms with Crippen LogP contribution in [0.3, 0.4) is 0 Å². The summed E-state index contributed by atoms with van der Waals surface area (Å²) in [7, 11) is 0. The number of benzene rings is 1. The summed E-state index contributed by atoms with van der Waals surface area (Å²) in [6.07, 6.45) is 3.29. The summed E-state index contributed by atoms with van der Waals surface area (Å²) in [5.74, 6) is 0.783. The van der Waals surface area contributed by atoms with E-state index in [4.69, 9.17) is 0 Å². The zero-order chi connectivity index (χ0) is 15.1. The number of hydrogen-bond acceptors (Lipinski definition) is 3. The summed E-state index contributed by atoms with van der Waals surface area (Å²) in [6.45, 7) is 2.09. The number of pyridine rings is 1. The van der Waals surface area contributed by atoms with Crippen LogP contribution >= 0.6 is 0 Å². The smallest absolute Gasteiger partial charge is 0.277 e. The lowest BCUT2D eigenvalue weighted by molar-refractivity contribution is 0.0977. The van der Waals surface area contributed by atoms with Crippen molar-refractivity contribution in [2.45, 2.75) is 38.3 Å². The van der Waals surface area contributed by atoms with Crippen molar-refractivity contribution < 1.29 is 4.79 Å². The normalized spacial score (nSPS) is 19.9. The highest BCUT2D eigenvalue weighted by molar-refractivity contribution is 6.06. The average Bonchev–Trinajstić information content (AvgIpc) is 3.27. The van der Waals surface area contributed by atoms with Crippen LogP contribution in [0.5, 0.6) is 0 Å². The van der Waals surface area contributed by atoms with Crippen LogP contribution in [0.15, 0.2) is 42.5 Å². The molecule has 1 saturated carbocycles. The van der Waals surface area contributed by atoms with Gasteiger partial charge in [-0.2, -0.15) is 0 Å². The van der Waals surface area contributed by atoms with Gasteiger partial charge in [-0.15, -0.1) is 0 Å². The number of carbonyl (C=O) groups is 1. The van der Waals surface area contributed by atoms with Crippen LogP contribution in [0.2, 0.25) is 0 Å². The van der Waals surface area contributed by atoms with Crippen LogP contribution < -0.4 is 10.2 Å². The fourth-order valence-electron chi connectivity index (χ4n) is 3.07. The summed E-state index contributed by atoms with van der Waals surface area (Å²) in [5, 5.41) is 3.35. The van der Waals surface area contributed by atoms with Crippen LogP contribution in [0.25, 0.3) is 0 Å². The largest absolute Gasteiger partial charge is 0.367 e. The Morgan fingerprint density at radius 1 is 1.18 bits per heavy atom. The SMILES string of the molecule is CC1Cc2ccccc2N1C(=O)c1cccc(NC2CC2)n1. The maximum absolute atomic E-state index is 12.9. The number of aromatic nitrogens is 1.